The number of hydrogen-bond acceptors (Lipinski definition) is 5. The van der Waals surface area contributed by atoms with Gasteiger partial charge in [0, 0.05) is 24.4 Å². The van der Waals surface area contributed by atoms with Gasteiger partial charge in [0.15, 0.2) is 0 Å². The molecule has 0 saturated carbocycles. The maximum Gasteiger partial charge on any atom is 0.278 e. The van der Waals surface area contributed by atoms with Crippen molar-refractivity contribution in [1.29, 1.82) is 0 Å². The van der Waals surface area contributed by atoms with Gasteiger partial charge in [-0.1, -0.05) is 44.2 Å². The molecule has 0 fully saturated rings. The van der Waals surface area contributed by atoms with E-state index in [9.17, 15) is 9.59 Å². The predicted molar refractivity (Wildman–Crippen MR) is 126 cm³/mol. The molecular weight excluding hydrogens is 404 g/mol. The van der Waals surface area contributed by atoms with E-state index in [1.165, 1.54) is 10.5 Å². The van der Waals surface area contributed by atoms with Gasteiger partial charge >= 0.3 is 0 Å². The molecule has 1 N–H and O–H groups in total. The third-order valence-corrected chi connectivity index (χ3v) is 5.37. The van der Waals surface area contributed by atoms with Crippen molar-refractivity contribution in [3.8, 4) is 5.75 Å². The summed E-state index contributed by atoms with van der Waals surface area (Å²) in [6, 6.07) is 15.2. The molecule has 3 rings (SSSR count). The van der Waals surface area contributed by atoms with E-state index >= 15 is 0 Å². The Labute approximate surface area is 190 Å². The maximum atomic E-state index is 13.4. The number of hydrogen-bond donors (Lipinski definition) is 1. The first-order valence-electron chi connectivity index (χ1n) is 11.1. The summed E-state index contributed by atoms with van der Waals surface area (Å²) in [7, 11) is 1.55. The summed E-state index contributed by atoms with van der Waals surface area (Å²) in [6.45, 7) is 8.95. The summed E-state index contributed by atoms with van der Waals surface area (Å²) >= 11 is 0. The van der Waals surface area contributed by atoms with E-state index in [1.807, 2.05) is 50.2 Å². The van der Waals surface area contributed by atoms with E-state index in [2.05, 4.69) is 19.2 Å². The summed E-state index contributed by atoms with van der Waals surface area (Å²) in [5.41, 5.74) is 3.14. The zero-order valence-electron chi connectivity index (χ0n) is 19.5. The lowest BCUT2D eigenvalue weighted by molar-refractivity contribution is -0.137. The Morgan fingerprint density at radius 2 is 1.62 bits per heavy atom. The second-order valence-electron chi connectivity index (χ2n) is 8.39. The number of ether oxygens (including phenoxy) is 2. The number of methoxy groups -OCH3 is 1. The number of anilines is 1. The molecule has 0 atom stereocenters. The number of rotatable bonds is 10. The van der Waals surface area contributed by atoms with Crippen molar-refractivity contribution in [2.45, 2.75) is 46.1 Å². The Hall–Kier alpha value is -3.12. The van der Waals surface area contributed by atoms with Gasteiger partial charge in [-0.2, -0.15) is 0 Å². The highest BCUT2D eigenvalue weighted by atomic mass is 16.5. The molecule has 2 amide bonds. The first-order valence-corrected chi connectivity index (χ1v) is 11.1. The molecule has 170 valence electrons. The zero-order chi connectivity index (χ0) is 23.3. The summed E-state index contributed by atoms with van der Waals surface area (Å²) < 4.78 is 11.1. The first kappa shape index (κ1) is 23.5. The quantitative estimate of drug-likeness (QED) is 0.427. The van der Waals surface area contributed by atoms with E-state index in [1.54, 1.807) is 19.2 Å². The van der Waals surface area contributed by atoms with Gasteiger partial charge in [-0.25, -0.2) is 0 Å². The van der Waals surface area contributed by atoms with Gasteiger partial charge in [0.25, 0.3) is 11.8 Å². The maximum absolute atomic E-state index is 13.4. The van der Waals surface area contributed by atoms with Crippen molar-refractivity contribution >= 4 is 23.1 Å². The standard InChI is InChI=1S/C26H32N2O4/c1-17(2)19-11-13-20(14-12-19)27-24-23(21-9-6-7-10-22(21)31-5)25(29)28(26(24)30)15-8-16-32-18(3)4/h6-7,9-14,17-18,27H,8,15-16H2,1-5H3. The third kappa shape index (κ3) is 5.19. The summed E-state index contributed by atoms with van der Waals surface area (Å²) in [5, 5.41) is 3.21. The molecule has 0 unspecified atom stereocenters. The van der Waals surface area contributed by atoms with Crippen molar-refractivity contribution in [3.63, 3.8) is 0 Å². The van der Waals surface area contributed by atoms with Crippen LogP contribution in [0.25, 0.3) is 5.57 Å². The number of nitrogens with zero attached hydrogens (tertiary/aromatic N) is 1. The van der Waals surface area contributed by atoms with E-state index < -0.39 is 0 Å². The van der Waals surface area contributed by atoms with Crippen LogP contribution in [-0.4, -0.2) is 43.1 Å². The lowest BCUT2D eigenvalue weighted by Gasteiger charge is -2.16. The highest BCUT2D eigenvalue weighted by Crippen LogP contribution is 2.35. The number of carbonyl (C=O) groups is 2. The largest absolute Gasteiger partial charge is 0.496 e. The van der Waals surface area contributed by atoms with Crippen LogP contribution in [0.5, 0.6) is 5.75 Å². The number of imide groups is 1. The fourth-order valence-corrected chi connectivity index (χ4v) is 3.63. The van der Waals surface area contributed by atoms with Crippen molar-refractivity contribution in [1.82, 2.24) is 4.90 Å². The average Bonchev–Trinajstić information content (AvgIpc) is 3.00. The van der Waals surface area contributed by atoms with Crippen molar-refractivity contribution in [2.24, 2.45) is 0 Å². The molecule has 1 heterocycles. The molecule has 0 saturated heterocycles. The fraction of sp³-hybridized carbons (Fsp3) is 0.385. The van der Waals surface area contributed by atoms with Crippen LogP contribution in [0.1, 0.15) is 51.2 Å². The van der Waals surface area contributed by atoms with E-state index in [0.717, 1.165) is 5.69 Å². The van der Waals surface area contributed by atoms with Gasteiger partial charge in [0.1, 0.15) is 11.4 Å². The minimum absolute atomic E-state index is 0.105. The van der Waals surface area contributed by atoms with Crippen LogP contribution in [-0.2, 0) is 14.3 Å². The number of benzene rings is 2. The van der Waals surface area contributed by atoms with Crippen LogP contribution in [0.2, 0.25) is 0 Å². The Balaban J connectivity index is 1.94. The van der Waals surface area contributed by atoms with Crippen LogP contribution >= 0.6 is 0 Å². The summed E-state index contributed by atoms with van der Waals surface area (Å²) in [5.74, 6) is 0.285. The predicted octanol–water partition coefficient (Wildman–Crippen LogP) is 4.83. The average molecular weight is 437 g/mol. The van der Waals surface area contributed by atoms with E-state index in [0.29, 0.717) is 42.4 Å². The highest BCUT2D eigenvalue weighted by molar-refractivity contribution is 6.37. The number of amides is 2. The Morgan fingerprint density at radius 3 is 2.25 bits per heavy atom. The van der Waals surface area contributed by atoms with Gasteiger partial charge in [0.2, 0.25) is 0 Å². The SMILES string of the molecule is COc1ccccc1C1=C(Nc2ccc(C(C)C)cc2)C(=O)N(CCCOC(C)C)C1=O. The lowest BCUT2D eigenvalue weighted by atomic mass is 10.0. The van der Waals surface area contributed by atoms with Gasteiger partial charge < -0.3 is 14.8 Å². The Morgan fingerprint density at radius 1 is 0.938 bits per heavy atom. The van der Waals surface area contributed by atoms with Crippen LogP contribution < -0.4 is 10.1 Å². The molecule has 0 radical (unpaired) electrons. The molecule has 1 aliphatic heterocycles. The summed E-state index contributed by atoms with van der Waals surface area (Å²) in [4.78, 5) is 28.0. The molecule has 32 heavy (non-hydrogen) atoms. The van der Waals surface area contributed by atoms with Crippen LogP contribution in [0, 0.1) is 0 Å². The van der Waals surface area contributed by atoms with Gasteiger partial charge in [0.05, 0.1) is 18.8 Å². The minimum atomic E-state index is -0.339. The van der Waals surface area contributed by atoms with Gasteiger partial charge in [-0.3, -0.25) is 14.5 Å². The second-order valence-corrected chi connectivity index (χ2v) is 8.39. The van der Waals surface area contributed by atoms with Crippen molar-refractivity contribution in [3.05, 3.63) is 65.4 Å². The third-order valence-electron chi connectivity index (χ3n) is 5.37. The molecule has 2 aromatic rings. The molecule has 0 aliphatic carbocycles. The highest BCUT2D eigenvalue weighted by Gasteiger charge is 2.39. The normalized spacial score (nSPS) is 14.2. The van der Waals surface area contributed by atoms with Crippen molar-refractivity contribution < 1.29 is 19.1 Å². The van der Waals surface area contributed by atoms with Gasteiger partial charge in [-0.05, 0) is 49.9 Å². The fourth-order valence-electron chi connectivity index (χ4n) is 3.63. The molecule has 6 heteroatoms. The van der Waals surface area contributed by atoms with Crippen LogP contribution in [0.3, 0.4) is 0 Å². The second kappa shape index (κ2) is 10.5. The summed E-state index contributed by atoms with van der Waals surface area (Å²) in [6.07, 6.45) is 0.680. The topological polar surface area (TPSA) is 67.9 Å². The molecule has 1 aliphatic rings. The van der Waals surface area contributed by atoms with Crippen LogP contribution in [0.4, 0.5) is 5.69 Å². The van der Waals surface area contributed by atoms with E-state index in [4.69, 9.17) is 9.47 Å². The lowest BCUT2D eigenvalue weighted by Crippen LogP contribution is -2.34. The van der Waals surface area contributed by atoms with E-state index in [-0.39, 0.29) is 23.6 Å². The molecule has 6 nitrogen and oxygen atoms in total. The number of para-hydroxylation sites is 1. The van der Waals surface area contributed by atoms with Gasteiger partial charge in [-0.15, -0.1) is 0 Å². The number of carbonyl (C=O) groups excluding carboxylic acids is 2. The molecular formula is C26H32N2O4. The monoisotopic (exact) mass is 436 g/mol. The minimum Gasteiger partial charge on any atom is -0.496 e. The molecule has 0 aromatic heterocycles. The Bertz CT molecular complexity index is 993. The van der Waals surface area contributed by atoms with Crippen molar-refractivity contribution in [2.75, 3.05) is 25.6 Å². The van der Waals surface area contributed by atoms with Crippen LogP contribution in [0.15, 0.2) is 54.2 Å². The first-order chi connectivity index (χ1) is 15.3. The molecule has 2 aromatic carbocycles. The number of nitrogens with one attached hydrogen (secondary N) is 1. The molecule has 0 bridgehead atoms. The Kier molecular flexibility index (Phi) is 7.70. The smallest absolute Gasteiger partial charge is 0.278 e. The molecule has 0 spiro atoms. The zero-order valence-corrected chi connectivity index (χ0v) is 19.5.